The number of rotatable bonds is 5. The van der Waals surface area contributed by atoms with E-state index < -0.39 is 4.92 Å². The third kappa shape index (κ3) is 3.55. The largest absolute Gasteiger partial charge is 0.459 e. The molecule has 2 aromatic carbocycles. The first-order valence-electron chi connectivity index (χ1n) is 6.95. The molecule has 0 bridgehead atoms. The minimum atomic E-state index is -0.441. The van der Waals surface area contributed by atoms with Gasteiger partial charge in [0.05, 0.1) is 11.5 Å². The second-order valence-electron chi connectivity index (χ2n) is 4.93. The quantitative estimate of drug-likeness (QED) is 0.552. The Balaban J connectivity index is 1.71. The number of hydrogen-bond acceptors (Lipinski definition) is 4. The number of nitro groups is 1. The van der Waals surface area contributed by atoms with E-state index in [0.717, 1.165) is 5.69 Å². The fourth-order valence-corrected chi connectivity index (χ4v) is 2.16. The molecule has 1 heterocycles. The normalized spacial score (nSPS) is 10.5. The van der Waals surface area contributed by atoms with Crippen LogP contribution in [0.15, 0.2) is 65.1 Å². The van der Waals surface area contributed by atoms with Gasteiger partial charge in [0, 0.05) is 23.4 Å². The van der Waals surface area contributed by atoms with Crippen molar-refractivity contribution < 1.29 is 13.7 Å². The maximum atomic E-state index is 12.8. The van der Waals surface area contributed by atoms with Gasteiger partial charge in [-0.15, -0.1) is 0 Å². The van der Waals surface area contributed by atoms with Gasteiger partial charge in [-0.3, -0.25) is 10.1 Å². The lowest BCUT2D eigenvalue weighted by atomic mass is 10.1. The zero-order chi connectivity index (χ0) is 16.2. The van der Waals surface area contributed by atoms with E-state index >= 15 is 0 Å². The fraction of sp³-hybridized carbons (Fsp3) is 0.0588. The van der Waals surface area contributed by atoms with E-state index in [1.165, 1.54) is 24.3 Å². The number of hydrogen-bond donors (Lipinski definition) is 1. The standard InChI is InChI=1S/C17H13FN2O3/c18-13-4-6-14(7-5-13)19-11-16-8-9-17(23-16)12-2-1-3-15(10-12)20(21)22/h1-10,19H,11H2. The van der Waals surface area contributed by atoms with Crippen LogP contribution in [0.25, 0.3) is 11.3 Å². The monoisotopic (exact) mass is 312 g/mol. The molecule has 1 N–H and O–H groups in total. The molecule has 0 spiro atoms. The van der Waals surface area contributed by atoms with Crippen LogP contribution in [0.3, 0.4) is 0 Å². The van der Waals surface area contributed by atoms with Gasteiger partial charge in [0.15, 0.2) is 0 Å². The highest BCUT2D eigenvalue weighted by molar-refractivity contribution is 5.61. The third-order valence-electron chi connectivity index (χ3n) is 3.31. The van der Waals surface area contributed by atoms with Crippen LogP contribution >= 0.6 is 0 Å². The first-order chi connectivity index (χ1) is 11.1. The average Bonchev–Trinajstić information content (AvgIpc) is 3.03. The number of benzene rings is 2. The van der Waals surface area contributed by atoms with E-state index in [-0.39, 0.29) is 11.5 Å². The van der Waals surface area contributed by atoms with Crippen molar-refractivity contribution in [3.8, 4) is 11.3 Å². The summed E-state index contributed by atoms with van der Waals surface area (Å²) in [5, 5.41) is 13.9. The van der Waals surface area contributed by atoms with E-state index in [2.05, 4.69) is 5.32 Å². The summed E-state index contributed by atoms with van der Waals surface area (Å²) in [6.07, 6.45) is 0. The molecule has 0 saturated carbocycles. The molecule has 23 heavy (non-hydrogen) atoms. The van der Waals surface area contributed by atoms with Crippen LogP contribution in [-0.2, 0) is 6.54 Å². The maximum Gasteiger partial charge on any atom is 0.270 e. The van der Waals surface area contributed by atoms with Gasteiger partial charge in [-0.25, -0.2) is 4.39 Å². The summed E-state index contributed by atoms with van der Waals surface area (Å²) < 4.78 is 18.5. The van der Waals surface area contributed by atoms with Crippen molar-refractivity contribution in [1.82, 2.24) is 0 Å². The zero-order valence-electron chi connectivity index (χ0n) is 12.0. The molecular formula is C17H13FN2O3. The van der Waals surface area contributed by atoms with E-state index in [1.807, 2.05) is 0 Å². The Kier molecular flexibility index (Phi) is 4.05. The molecule has 0 aliphatic heterocycles. The lowest BCUT2D eigenvalue weighted by Gasteiger charge is -2.04. The lowest BCUT2D eigenvalue weighted by Crippen LogP contribution is -1.97. The molecule has 3 rings (SSSR count). The smallest absolute Gasteiger partial charge is 0.270 e. The number of halogens is 1. The van der Waals surface area contributed by atoms with Gasteiger partial charge < -0.3 is 9.73 Å². The fourth-order valence-electron chi connectivity index (χ4n) is 2.16. The summed E-state index contributed by atoms with van der Waals surface area (Å²) in [7, 11) is 0. The van der Waals surface area contributed by atoms with Crippen LogP contribution in [-0.4, -0.2) is 4.92 Å². The summed E-state index contributed by atoms with van der Waals surface area (Å²) in [6, 6.07) is 15.9. The third-order valence-corrected chi connectivity index (χ3v) is 3.31. The molecular weight excluding hydrogens is 299 g/mol. The molecule has 0 saturated heterocycles. The van der Waals surface area contributed by atoms with Crippen molar-refractivity contribution in [3.63, 3.8) is 0 Å². The number of anilines is 1. The Bertz CT molecular complexity index is 828. The Labute approximate surface area is 131 Å². The second kappa shape index (κ2) is 6.31. The van der Waals surface area contributed by atoms with Crippen LogP contribution in [0.4, 0.5) is 15.8 Å². The first kappa shape index (κ1) is 14.8. The maximum absolute atomic E-state index is 12.8. The van der Waals surface area contributed by atoms with Gasteiger partial charge in [-0.1, -0.05) is 12.1 Å². The van der Waals surface area contributed by atoms with Crippen molar-refractivity contribution in [2.24, 2.45) is 0 Å². The molecule has 0 fully saturated rings. The minimum absolute atomic E-state index is 0.0184. The Morgan fingerprint density at radius 1 is 1.09 bits per heavy atom. The van der Waals surface area contributed by atoms with E-state index in [4.69, 9.17) is 4.42 Å². The highest BCUT2D eigenvalue weighted by Crippen LogP contribution is 2.26. The Hall–Kier alpha value is -3.15. The minimum Gasteiger partial charge on any atom is -0.459 e. The van der Waals surface area contributed by atoms with Crippen LogP contribution in [0, 0.1) is 15.9 Å². The van der Waals surface area contributed by atoms with Gasteiger partial charge in [-0.2, -0.15) is 0 Å². The highest BCUT2D eigenvalue weighted by Gasteiger charge is 2.10. The Morgan fingerprint density at radius 2 is 1.87 bits per heavy atom. The number of furan rings is 1. The molecule has 0 unspecified atom stereocenters. The SMILES string of the molecule is O=[N+]([O-])c1cccc(-c2ccc(CNc3ccc(F)cc3)o2)c1. The summed E-state index contributed by atoms with van der Waals surface area (Å²) in [5.41, 5.74) is 1.44. The second-order valence-corrected chi connectivity index (χ2v) is 4.93. The number of nitro benzene ring substituents is 1. The summed E-state index contributed by atoms with van der Waals surface area (Å²) in [6.45, 7) is 0.431. The molecule has 5 nitrogen and oxygen atoms in total. The molecule has 0 radical (unpaired) electrons. The van der Waals surface area contributed by atoms with Gasteiger partial charge in [-0.05, 0) is 36.4 Å². The summed E-state index contributed by atoms with van der Waals surface area (Å²) in [4.78, 5) is 10.4. The van der Waals surface area contributed by atoms with Crippen LogP contribution in [0.5, 0.6) is 0 Å². The van der Waals surface area contributed by atoms with Crippen molar-refractivity contribution in [2.45, 2.75) is 6.54 Å². The van der Waals surface area contributed by atoms with Crippen molar-refractivity contribution >= 4 is 11.4 Å². The summed E-state index contributed by atoms with van der Waals surface area (Å²) >= 11 is 0. The Morgan fingerprint density at radius 3 is 2.61 bits per heavy atom. The van der Waals surface area contributed by atoms with Gasteiger partial charge in [0.1, 0.15) is 17.3 Å². The van der Waals surface area contributed by atoms with Crippen molar-refractivity contribution in [2.75, 3.05) is 5.32 Å². The van der Waals surface area contributed by atoms with Crippen LogP contribution in [0.1, 0.15) is 5.76 Å². The van der Waals surface area contributed by atoms with Gasteiger partial charge in [0.25, 0.3) is 5.69 Å². The van der Waals surface area contributed by atoms with Crippen LogP contribution < -0.4 is 5.32 Å². The zero-order valence-corrected chi connectivity index (χ0v) is 12.0. The van der Waals surface area contributed by atoms with Crippen molar-refractivity contribution in [3.05, 3.63) is 82.4 Å². The molecule has 1 aromatic heterocycles. The number of non-ortho nitro benzene ring substituents is 1. The molecule has 0 atom stereocenters. The van der Waals surface area contributed by atoms with Gasteiger partial charge in [0.2, 0.25) is 0 Å². The van der Waals surface area contributed by atoms with Crippen molar-refractivity contribution in [1.29, 1.82) is 0 Å². The predicted octanol–water partition coefficient (Wildman–Crippen LogP) is 4.61. The predicted molar refractivity (Wildman–Crippen MR) is 84.5 cm³/mol. The first-order valence-corrected chi connectivity index (χ1v) is 6.95. The molecule has 0 amide bonds. The average molecular weight is 312 g/mol. The molecule has 6 heteroatoms. The number of nitrogens with zero attached hydrogens (tertiary/aromatic N) is 1. The molecule has 116 valence electrons. The number of nitrogens with one attached hydrogen (secondary N) is 1. The van der Waals surface area contributed by atoms with Crippen LogP contribution in [0.2, 0.25) is 0 Å². The van der Waals surface area contributed by atoms with E-state index in [0.29, 0.717) is 23.6 Å². The lowest BCUT2D eigenvalue weighted by molar-refractivity contribution is -0.384. The van der Waals surface area contributed by atoms with Gasteiger partial charge >= 0.3 is 0 Å². The molecule has 0 aliphatic rings. The molecule has 3 aromatic rings. The summed E-state index contributed by atoms with van der Waals surface area (Å²) in [5.74, 6) is 0.946. The molecule has 0 aliphatic carbocycles. The van der Waals surface area contributed by atoms with E-state index in [1.54, 1.807) is 36.4 Å². The highest BCUT2D eigenvalue weighted by atomic mass is 19.1. The van der Waals surface area contributed by atoms with E-state index in [9.17, 15) is 14.5 Å². The topological polar surface area (TPSA) is 68.3 Å².